The summed E-state index contributed by atoms with van der Waals surface area (Å²) in [4.78, 5) is 36.4. The Balaban J connectivity index is 5.41. The Kier molecular flexibility index (Phi) is 7.80. The summed E-state index contributed by atoms with van der Waals surface area (Å²) in [5, 5.41) is 2.58. The van der Waals surface area contributed by atoms with Gasteiger partial charge in [-0.2, -0.15) is 0 Å². The van der Waals surface area contributed by atoms with Crippen molar-refractivity contribution < 1.29 is 14.4 Å². The van der Waals surface area contributed by atoms with Crippen molar-refractivity contribution in [3.8, 4) is 0 Å². The maximum atomic E-state index is 12.1. The fourth-order valence-corrected chi connectivity index (χ4v) is 2.28. The van der Waals surface area contributed by atoms with E-state index in [0.29, 0.717) is 6.42 Å². The summed E-state index contributed by atoms with van der Waals surface area (Å²) >= 11 is 0. The molecule has 2 amide bonds. The summed E-state index contributed by atoms with van der Waals surface area (Å²) in [7, 11) is 3.15. The van der Waals surface area contributed by atoms with Gasteiger partial charge in [-0.1, -0.05) is 26.8 Å². The van der Waals surface area contributed by atoms with E-state index in [2.05, 4.69) is 11.9 Å². The Labute approximate surface area is 121 Å². The average Bonchev–Trinajstić information content (AvgIpc) is 2.42. The highest BCUT2D eigenvalue weighted by Gasteiger charge is 2.35. The van der Waals surface area contributed by atoms with Crippen molar-refractivity contribution in [2.45, 2.75) is 33.2 Å². The minimum atomic E-state index is -0.651. The number of carbonyl (C=O) groups is 3. The van der Waals surface area contributed by atoms with Gasteiger partial charge in [0.25, 0.3) is 0 Å². The van der Waals surface area contributed by atoms with Crippen LogP contribution in [0.25, 0.3) is 0 Å². The average molecular weight is 282 g/mol. The van der Waals surface area contributed by atoms with Crippen LogP contribution in [0.2, 0.25) is 0 Å². The molecule has 0 unspecified atom stereocenters. The van der Waals surface area contributed by atoms with Gasteiger partial charge in [0.05, 0.1) is 0 Å². The van der Waals surface area contributed by atoms with E-state index in [9.17, 15) is 14.4 Å². The molecule has 0 heterocycles. The number of amides is 2. The lowest BCUT2D eigenvalue weighted by atomic mass is 9.84. The largest absolute Gasteiger partial charge is 0.357 e. The first-order valence-electron chi connectivity index (χ1n) is 6.86. The number of carbonyl (C=O) groups excluding carboxylic acids is 3. The van der Waals surface area contributed by atoms with E-state index >= 15 is 0 Å². The normalized spacial score (nSPS) is 15.1. The van der Waals surface area contributed by atoms with Crippen LogP contribution < -0.4 is 5.32 Å². The molecule has 0 spiro atoms. The van der Waals surface area contributed by atoms with Crippen LogP contribution in [-0.2, 0) is 14.4 Å². The molecule has 0 aromatic heterocycles. The first-order chi connectivity index (χ1) is 9.31. The third-order valence-electron chi connectivity index (χ3n) is 3.54. The zero-order chi connectivity index (χ0) is 15.9. The van der Waals surface area contributed by atoms with E-state index in [1.54, 1.807) is 27.0 Å². The van der Waals surface area contributed by atoms with E-state index in [1.807, 2.05) is 6.92 Å². The molecule has 0 saturated heterocycles. The lowest BCUT2D eigenvalue weighted by Crippen LogP contribution is -2.52. The minimum Gasteiger partial charge on any atom is -0.357 e. The molecule has 0 aromatic carbocycles. The van der Waals surface area contributed by atoms with Gasteiger partial charge >= 0.3 is 0 Å². The maximum absolute atomic E-state index is 12.1. The molecular weight excluding hydrogens is 256 g/mol. The smallest absolute Gasteiger partial charge is 0.243 e. The van der Waals surface area contributed by atoms with E-state index in [4.69, 9.17) is 0 Å². The molecule has 0 bridgehead atoms. The predicted octanol–water partition coefficient (Wildman–Crippen LogP) is 1.24. The Morgan fingerprint density at radius 2 is 1.85 bits per heavy atom. The Morgan fingerprint density at radius 3 is 2.20 bits per heavy atom. The fourth-order valence-electron chi connectivity index (χ4n) is 2.28. The third kappa shape index (κ3) is 4.47. The number of hydrogen-bond acceptors (Lipinski definition) is 3. The molecule has 20 heavy (non-hydrogen) atoms. The lowest BCUT2D eigenvalue weighted by molar-refractivity contribution is -0.143. The number of hydrogen-bond donors (Lipinski definition) is 1. The van der Waals surface area contributed by atoms with E-state index in [1.165, 1.54) is 11.9 Å². The standard InChI is InChI=1S/C15H26N2O3/c1-7-12(11(4)8-9-18)13(14(19)16-5)17(6)15(20)10(2)3/h7,9-13H,1,8H2,2-6H3,(H,16,19)/t11-,12-,13+/m1/s1. The summed E-state index contributed by atoms with van der Waals surface area (Å²) in [6.07, 6.45) is 2.80. The number of nitrogens with one attached hydrogen (secondary N) is 1. The highest BCUT2D eigenvalue weighted by atomic mass is 16.2. The summed E-state index contributed by atoms with van der Waals surface area (Å²) < 4.78 is 0. The molecule has 0 saturated carbocycles. The number of likely N-dealkylation sites (N-methyl/N-ethyl adjacent to an activating group) is 2. The number of aldehydes is 1. The van der Waals surface area contributed by atoms with Gasteiger partial charge in [-0.25, -0.2) is 0 Å². The van der Waals surface area contributed by atoms with Crippen molar-refractivity contribution in [1.29, 1.82) is 0 Å². The van der Waals surface area contributed by atoms with E-state index < -0.39 is 6.04 Å². The summed E-state index contributed by atoms with van der Waals surface area (Å²) in [5.74, 6) is -0.880. The van der Waals surface area contributed by atoms with Crippen molar-refractivity contribution >= 4 is 18.1 Å². The highest BCUT2D eigenvalue weighted by molar-refractivity contribution is 5.88. The minimum absolute atomic E-state index is 0.0605. The topological polar surface area (TPSA) is 66.5 Å². The second kappa shape index (κ2) is 8.51. The maximum Gasteiger partial charge on any atom is 0.243 e. The van der Waals surface area contributed by atoms with Gasteiger partial charge < -0.3 is 15.0 Å². The quantitative estimate of drug-likeness (QED) is 0.538. The van der Waals surface area contributed by atoms with Crippen LogP contribution >= 0.6 is 0 Å². The predicted molar refractivity (Wildman–Crippen MR) is 79.0 cm³/mol. The van der Waals surface area contributed by atoms with Crippen LogP contribution in [0.1, 0.15) is 27.2 Å². The molecule has 5 heteroatoms. The van der Waals surface area contributed by atoms with Gasteiger partial charge in [-0.05, 0) is 5.92 Å². The third-order valence-corrected chi connectivity index (χ3v) is 3.54. The monoisotopic (exact) mass is 282 g/mol. The second-order valence-electron chi connectivity index (χ2n) is 5.36. The molecule has 114 valence electrons. The molecule has 1 N–H and O–H groups in total. The SMILES string of the molecule is C=C[C@H]([C@H](C)CC=O)[C@@H](C(=O)NC)N(C)C(=O)C(C)C. The number of rotatable bonds is 8. The van der Waals surface area contributed by atoms with Crippen LogP contribution in [0.5, 0.6) is 0 Å². The van der Waals surface area contributed by atoms with Crippen molar-refractivity contribution in [1.82, 2.24) is 10.2 Å². The molecule has 0 aliphatic carbocycles. The Hall–Kier alpha value is -1.65. The van der Waals surface area contributed by atoms with Crippen molar-refractivity contribution in [2.24, 2.45) is 17.8 Å². The Morgan fingerprint density at radius 1 is 1.30 bits per heavy atom. The summed E-state index contributed by atoms with van der Waals surface area (Å²) in [6.45, 7) is 9.21. The van der Waals surface area contributed by atoms with Crippen molar-refractivity contribution in [2.75, 3.05) is 14.1 Å². The van der Waals surface area contributed by atoms with Crippen LogP contribution in [0.3, 0.4) is 0 Å². The van der Waals surface area contributed by atoms with Gasteiger partial charge in [0, 0.05) is 32.4 Å². The second-order valence-corrected chi connectivity index (χ2v) is 5.36. The molecule has 0 aromatic rings. The van der Waals surface area contributed by atoms with Gasteiger partial charge in [0.15, 0.2) is 0 Å². The zero-order valence-corrected chi connectivity index (χ0v) is 13.1. The van der Waals surface area contributed by atoms with Crippen LogP contribution in [0, 0.1) is 17.8 Å². The highest BCUT2D eigenvalue weighted by Crippen LogP contribution is 2.24. The lowest BCUT2D eigenvalue weighted by Gasteiger charge is -2.35. The van der Waals surface area contributed by atoms with Crippen LogP contribution in [0.15, 0.2) is 12.7 Å². The molecular formula is C15H26N2O3. The molecule has 5 nitrogen and oxygen atoms in total. The first kappa shape index (κ1) is 18.4. The molecule has 0 fully saturated rings. The molecule has 0 aliphatic rings. The van der Waals surface area contributed by atoms with Gasteiger partial charge in [-0.15, -0.1) is 6.58 Å². The van der Waals surface area contributed by atoms with Gasteiger partial charge in [0.2, 0.25) is 11.8 Å². The van der Waals surface area contributed by atoms with E-state index in [0.717, 1.165) is 6.29 Å². The van der Waals surface area contributed by atoms with Crippen LogP contribution in [-0.4, -0.2) is 43.1 Å². The summed E-state index contributed by atoms with van der Waals surface area (Å²) in [5.41, 5.74) is 0. The van der Waals surface area contributed by atoms with E-state index in [-0.39, 0.29) is 29.6 Å². The van der Waals surface area contributed by atoms with Gasteiger partial charge in [0.1, 0.15) is 12.3 Å². The molecule has 0 rings (SSSR count). The van der Waals surface area contributed by atoms with Crippen molar-refractivity contribution in [3.63, 3.8) is 0 Å². The number of nitrogens with zero attached hydrogens (tertiary/aromatic N) is 1. The first-order valence-corrected chi connectivity index (χ1v) is 6.86. The molecule has 3 atom stereocenters. The molecule has 0 radical (unpaired) electrons. The summed E-state index contributed by atoms with van der Waals surface area (Å²) in [6, 6.07) is -0.651. The Bertz CT molecular complexity index is 366. The fraction of sp³-hybridized carbons (Fsp3) is 0.667. The van der Waals surface area contributed by atoms with Gasteiger partial charge in [-0.3, -0.25) is 9.59 Å². The van der Waals surface area contributed by atoms with Crippen LogP contribution in [0.4, 0.5) is 0 Å². The zero-order valence-electron chi connectivity index (χ0n) is 13.1. The van der Waals surface area contributed by atoms with Crippen molar-refractivity contribution in [3.05, 3.63) is 12.7 Å². The molecule has 0 aliphatic heterocycles.